The molecule has 0 unspecified atom stereocenters. The van der Waals surface area contributed by atoms with Gasteiger partial charge in [-0.25, -0.2) is 26.9 Å². The van der Waals surface area contributed by atoms with E-state index in [1.54, 1.807) is 5.32 Å². The number of hydrogen-bond acceptors (Lipinski definition) is 6. The number of nitrogen functional groups attached to an aromatic ring is 1. The standard InChI is InChI=1S/C23H12ClF8N3O.C19H10ClF5N4O/c24-16-5-2-6-17(26)18(16)14-8-7-13(19(14)34-21(36)23(30,31)32)15-10-33-35(20(15)22(27,28)29)12-4-1-3-11(25)9-12;20-12-5-2-6-13(22)14(12)16-15(26)17(30-28-16)11-8-27-29(18(11)19(23,24)25)10-4-1-3-9(21)7-10/h1-6,8-10H,7H2,(H,34,36);1-8H,26H2. The summed E-state index contributed by atoms with van der Waals surface area (Å²) in [6.07, 6.45) is -13.1. The van der Waals surface area contributed by atoms with E-state index in [1.807, 2.05) is 0 Å². The van der Waals surface area contributed by atoms with Crippen molar-refractivity contribution in [2.24, 2.45) is 0 Å². The molecular weight excluding hydrogens is 952 g/mol. The monoisotopic (exact) mass is 973 g/mol. The van der Waals surface area contributed by atoms with E-state index in [0.29, 0.717) is 9.36 Å². The average molecular weight is 975 g/mol. The Morgan fingerprint density at radius 1 is 0.682 bits per heavy atom. The Balaban J connectivity index is 0.000000199. The number of nitrogens with zero attached hydrogens (tertiary/aromatic N) is 5. The topological polar surface area (TPSA) is 117 Å². The summed E-state index contributed by atoms with van der Waals surface area (Å²) in [7, 11) is 0. The number of halogens is 15. The first-order valence-corrected chi connectivity index (χ1v) is 19.0. The second-order valence-corrected chi connectivity index (χ2v) is 14.5. The maximum atomic E-state index is 14.6. The van der Waals surface area contributed by atoms with Crippen molar-refractivity contribution in [3.05, 3.63) is 165 Å². The summed E-state index contributed by atoms with van der Waals surface area (Å²) in [5, 5.41) is 12.3. The fourth-order valence-corrected chi connectivity index (χ4v) is 7.27. The Hall–Kier alpha value is -7.07. The summed E-state index contributed by atoms with van der Waals surface area (Å²) in [6.45, 7) is 0. The van der Waals surface area contributed by atoms with Gasteiger partial charge in [0.2, 0.25) is 0 Å². The lowest BCUT2D eigenvalue weighted by atomic mass is 10.00. The molecule has 0 saturated heterocycles. The summed E-state index contributed by atoms with van der Waals surface area (Å²) in [5.41, 5.74) is -1.15. The number of amides is 1. The lowest BCUT2D eigenvalue weighted by molar-refractivity contribution is -0.172. The first-order chi connectivity index (χ1) is 31.0. The minimum atomic E-state index is -5.40. The van der Waals surface area contributed by atoms with Gasteiger partial charge in [-0.3, -0.25) is 4.79 Å². The third kappa shape index (κ3) is 9.23. The smallest absolute Gasteiger partial charge is 0.394 e. The molecule has 342 valence electrons. The number of nitrogens with one attached hydrogen (secondary N) is 1. The molecule has 4 aromatic carbocycles. The van der Waals surface area contributed by atoms with Crippen molar-refractivity contribution in [2.75, 3.05) is 5.73 Å². The molecule has 0 saturated carbocycles. The largest absolute Gasteiger partial charge is 0.471 e. The number of allylic oxidation sites excluding steroid dienone is 3. The van der Waals surface area contributed by atoms with Gasteiger partial charge in [-0.15, -0.1) is 0 Å². The Morgan fingerprint density at radius 3 is 1.65 bits per heavy atom. The molecule has 1 aliphatic rings. The van der Waals surface area contributed by atoms with Crippen LogP contribution in [-0.4, -0.2) is 36.8 Å². The van der Waals surface area contributed by atoms with E-state index in [9.17, 15) is 61.9 Å². The van der Waals surface area contributed by atoms with Crippen LogP contribution in [0.25, 0.3) is 45.1 Å². The summed E-state index contributed by atoms with van der Waals surface area (Å²) >= 11 is 12.0. The van der Waals surface area contributed by atoms with Gasteiger partial charge < -0.3 is 15.6 Å². The van der Waals surface area contributed by atoms with Crippen LogP contribution in [-0.2, 0) is 17.1 Å². The Labute approximate surface area is 371 Å². The molecule has 3 heterocycles. The SMILES string of the molecule is Nc1c(-c2c(F)cccc2Cl)noc1-c1cnn(-c2cccc(F)c2)c1C(F)(F)F.O=C(NC1=C(c2cnn(-c3cccc(F)c3)c2C(F)(F)F)CC=C1c1c(F)cccc1Cl)C(F)(F)F. The Morgan fingerprint density at radius 2 is 1.17 bits per heavy atom. The summed E-state index contributed by atoms with van der Waals surface area (Å²) in [5.74, 6) is -6.30. The number of alkyl halides is 9. The molecule has 0 fully saturated rings. The van der Waals surface area contributed by atoms with Crippen LogP contribution in [0.1, 0.15) is 28.9 Å². The van der Waals surface area contributed by atoms with Gasteiger partial charge >= 0.3 is 24.4 Å². The normalized spacial score (nSPS) is 13.2. The molecule has 0 bridgehead atoms. The number of rotatable bonds is 7. The zero-order valence-corrected chi connectivity index (χ0v) is 33.8. The van der Waals surface area contributed by atoms with Gasteiger partial charge in [0.25, 0.3) is 0 Å². The van der Waals surface area contributed by atoms with Crippen LogP contribution >= 0.6 is 23.2 Å². The van der Waals surface area contributed by atoms with Crippen LogP contribution in [0, 0.1) is 23.3 Å². The summed E-state index contributed by atoms with van der Waals surface area (Å²) in [6, 6.07) is 15.8. The number of anilines is 1. The van der Waals surface area contributed by atoms with E-state index in [0.717, 1.165) is 67.0 Å². The van der Waals surface area contributed by atoms with E-state index in [2.05, 4.69) is 15.4 Å². The molecule has 24 heteroatoms. The molecule has 0 radical (unpaired) electrons. The number of carbonyl (C=O) groups excluding carboxylic acids is 1. The third-order valence-corrected chi connectivity index (χ3v) is 10.1. The van der Waals surface area contributed by atoms with E-state index < -0.39 is 99.2 Å². The summed E-state index contributed by atoms with van der Waals surface area (Å²) in [4.78, 5) is 11.8. The number of carbonyl (C=O) groups is 1. The van der Waals surface area contributed by atoms with Crippen LogP contribution in [0.5, 0.6) is 0 Å². The highest BCUT2D eigenvalue weighted by Gasteiger charge is 2.44. The highest BCUT2D eigenvalue weighted by Crippen LogP contribution is 2.46. The molecule has 3 aromatic heterocycles. The number of aromatic nitrogens is 5. The molecule has 0 aliphatic heterocycles. The quantitative estimate of drug-likeness (QED) is 0.154. The summed E-state index contributed by atoms with van der Waals surface area (Å²) < 4.78 is 185. The van der Waals surface area contributed by atoms with Crippen LogP contribution < -0.4 is 11.1 Å². The predicted molar refractivity (Wildman–Crippen MR) is 212 cm³/mol. The van der Waals surface area contributed by atoms with Crippen molar-refractivity contribution >= 4 is 45.9 Å². The first-order valence-electron chi connectivity index (χ1n) is 18.3. The Bertz CT molecular complexity index is 3040. The van der Waals surface area contributed by atoms with Gasteiger partial charge in [0.15, 0.2) is 17.1 Å². The van der Waals surface area contributed by atoms with E-state index in [4.69, 9.17) is 33.5 Å². The van der Waals surface area contributed by atoms with Crippen LogP contribution in [0.4, 0.5) is 62.8 Å². The van der Waals surface area contributed by atoms with Gasteiger partial charge in [-0.2, -0.15) is 49.7 Å². The molecule has 0 spiro atoms. The highest BCUT2D eigenvalue weighted by molar-refractivity contribution is 6.33. The van der Waals surface area contributed by atoms with Crippen molar-refractivity contribution < 1.29 is 66.4 Å². The molecule has 1 aliphatic carbocycles. The average Bonchev–Trinajstić information content (AvgIpc) is 4.03. The molecule has 66 heavy (non-hydrogen) atoms. The fourth-order valence-electron chi connectivity index (χ4n) is 6.76. The maximum Gasteiger partial charge on any atom is 0.471 e. The third-order valence-electron chi connectivity index (χ3n) is 9.49. The zero-order chi connectivity index (χ0) is 48.0. The first kappa shape index (κ1) is 46.9. The van der Waals surface area contributed by atoms with Crippen LogP contribution in [0.15, 0.2) is 114 Å². The number of benzene rings is 4. The van der Waals surface area contributed by atoms with Crippen molar-refractivity contribution in [2.45, 2.75) is 24.9 Å². The molecule has 8 rings (SSSR count). The molecule has 7 aromatic rings. The highest BCUT2D eigenvalue weighted by atomic mass is 35.5. The fraction of sp³-hybridized carbons (Fsp3) is 0.0952. The molecular formula is C42H22Cl2F13N7O2. The van der Waals surface area contributed by atoms with Crippen molar-refractivity contribution in [1.82, 2.24) is 30.0 Å². The number of hydrogen-bond donors (Lipinski definition) is 2. The Kier molecular flexibility index (Phi) is 12.6. The lowest BCUT2D eigenvalue weighted by Gasteiger charge is -2.18. The lowest BCUT2D eigenvalue weighted by Crippen LogP contribution is -2.36. The molecule has 1 amide bonds. The van der Waals surface area contributed by atoms with E-state index in [-0.39, 0.29) is 43.9 Å². The van der Waals surface area contributed by atoms with Crippen molar-refractivity contribution in [3.8, 4) is 34.0 Å². The van der Waals surface area contributed by atoms with Gasteiger partial charge in [-0.1, -0.05) is 58.7 Å². The van der Waals surface area contributed by atoms with Gasteiger partial charge in [0, 0.05) is 16.7 Å². The maximum absolute atomic E-state index is 14.6. The second-order valence-electron chi connectivity index (χ2n) is 13.7. The molecule has 9 nitrogen and oxygen atoms in total. The van der Waals surface area contributed by atoms with Gasteiger partial charge in [0.1, 0.15) is 34.7 Å². The predicted octanol–water partition coefficient (Wildman–Crippen LogP) is 12.4. The minimum absolute atomic E-state index is 0.0481. The van der Waals surface area contributed by atoms with E-state index >= 15 is 0 Å². The van der Waals surface area contributed by atoms with Crippen molar-refractivity contribution in [3.63, 3.8) is 0 Å². The molecule has 3 N–H and O–H groups in total. The zero-order valence-electron chi connectivity index (χ0n) is 32.3. The molecule has 0 atom stereocenters. The van der Waals surface area contributed by atoms with E-state index in [1.165, 1.54) is 36.4 Å². The van der Waals surface area contributed by atoms with Crippen LogP contribution in [0.3, 0.4) is 0 Å². The van der Waals surface area contributed by atoms with Gasteiger partial charge in [0.05, 0.1) is 50.6 Å². The van der Waals surface area contributed by atoms with Crippen molar-refractivity contribution in [1.29, 1.82) is 0 Å². The number of nitrogens with two attached hydrogens (primary N) is 1. The second kappa shape index (κ2) is 17.7. The minimum Gasteiger partial charge on any atom is -0.394 e. The van der Waals surface area contributed by atoms with Crippen LogP contribution in [0.2, 0.25) is 10.0 Å². The van der Waals surface area contributed by atoms with Gasteiger partial charge in [-0.05, 0) is 72.7 Å².